The van der Waals surface area contributed by atoms with Crippen molar-refractivity contribution in [3.05, 3.63) is 17.0 Å². The number of nitrogens with one attached hydrogen (secondary N) is 2. The number of likely N-dealkylation sites (N-methyl/N-ethyl adjacent to an activating group) is 1. The minimum Gasteiger partial charge on any atom is -0.493 e. The number of ether oxygens (including phenoxy) is 3. The maximum absolute atomic E-state index is 11.9. The Labute approximate surface area is 169 Å². The van der Waals surface area contributed by atoms with Crippen LogP contribution in [0, 0.1) is 4.84 Å². The first kappa shape index (κ1) is 21.7. The number of hydrogen-bond acceptors (Lipinski definition) is 7. The molecule has 28 heavy (non-hydrogen) atoms. The van der Waals surface area contributed by atoms with E-state index in [1.54, 1.807) is 16.8 Å². The van der Waals surface area contributed by atoms with Crippen LogP contribution in [0.15, 0.2) is 16.5 Å². The number of benzene rings is 1. The van der Waals surface area contributed by atoms with Crippen molar-refractivity contribution < 1.29 is 28.3 Å². The van der Waals surface area contributed by atoms with Gasteiger partial charge in [-0.25, -0.2) is 0 Å². The van der Waals surface area contributed by atoms with Crippen molar-refractivity contribution in [1.29, 1.82) is 0 Å². The summed E-state index contributed by atoms with van der Waals surface area (Å²) in [6.45, 7) is 4.53. The van der Waals surface area contributed by atoms with Gasteiger partial charge < -0.3 is 28.8 Å². The van der Waals surface area contributed by atoms with Gasteiger partial charge in [0.25, 0.3) is 10.7 Å². The van der Waals surface area contributed by atoms with E-state index in [9.17, 15) is 4.79 Å². The quantitative estimate of drug-likeness (QED) is 0.592. The number of amides is 1. The second kappa shape index (κ2) is 9.56. The van der Waals surface area contributed by atoms with Crippen molar-refractivity contribution in [1.82, 2.24) is 15.1 Å². The van der Waals surface area contributed by atoms with Gasteiger partial charge in [0.2, 0.25) is 11.6 Å². The van der Waals surface area contributed by atoms with Crippen LogP contribution in [0.1, 0.15) is 13.8 Å². The molecular weight excluding hydrogens is 384 g/mol. The Morgan fingerprint density at radius 2 is 1.86 bits per heavy atom. The summed E-state index contributed by atoms with van der Waals surface area (Å²) in [5, 5.41) is 7.30. The van der Waals surface area contributed by atoms with Crippen LogP contribution >= 0.6 is 12.2 Å². The molecule has 0 aliphatic carbocycles. The molecule has 154 valence electrons. The summed E-state index contributed by atoms with van der Waals surface area (Å²) in [4.78, 5) is 13.0. The van der Waals surface area contributed by atoms with Crippen LogP contribution in [0.4, 0.5) is 0 Å². The zero-order valence-corrected chi connectivity index (χ0v) is 17.8. The second-order valence-electron chi connectivity index (χ2n) is 6.60. The van der Waals surface area contributed by atoms with Crippen molar-refractivity contribution in [3.63, 3.8) is 0 Å². The summed E-state index contributed by atoms with van der Waals surface area (Å²) < 4.78 is 23.2. The van der Waals surface area contributed by atoms with Gasteiger partial charge in [-0.05, 0) is 38.2 Å². The molecule has 1 atom stereocenters. The summed E-state index contributed by atoms with van der Waals surface area (Å²) in [5.41, 5.74) is 0.634. The molecule has 2 N–H and O–H groups in total. The standard InChI is InChI=1S/C18H26N4O5S/c1-11(2)19-15(23)9-21(3)10-22-18(28)27-17(20-22)12-7-13(24-4)16(26-6)14(8-12)25-5/h7-8,11H,9-10H2,1-6H3,(H,19,23)/p+1. The van der Waals surface area contributed by atoms with Crippen LogP contribution < -0.4 is 24.4 Å². The predicted octanol–water partition coefficient (Wildman–Crippen LogP) is 0.895. The summed E-state index contributed by atoms with van der Waals surface area (Å²) in [7, 11) is 6.50. The minimum atomic E-state index is -0.0348. The van der Waals surface area contributed by atoms with Crippen molar-refractivity contribution in [2.75, 3.05) is 34.9 Å². The molecule has 1 aromatic heterocycles. The van der Waals surface area contributed by atoms with E-state index in [4.69, 9.17) is 30.8 Å². The Morgan fingerprint density at radius 3 is 2.36 bits per heavy atom. The molecule has 1 aromatic carbocycles. The molecule has 2 rings (SSSR count). The van der Waals surface area contributed by atoms with Crippen LogP contribution in [0.25, 0.3) is 11.5 Å². The number of hydrogen-bond donors (Lipinski definition) is 2. The Hall–Kier alpha value is -2.59. The molecule has 9 nitrogen and oxygen atoms in total. The van der Waals surface area contributed by atoms with Crippen molar-refractivity contribution in [2.24, 2.45) is 0 Å². The first-order valence-corrected chi connectivity index (χ1v) is 9.18. The molecule has 2 aromatic rings. The molecule has 0 saturated carbocycles. The lowest BCUT2D eigenvalue weighted by Gasteiger charge is -2.14. The van der Waals surface area contributed by atoms with E-state index in [0.29, 0.717) is 41.9 Å². The van der Waals surface area contributed by atoms with Gasteiger partial charge in [-0.1, -0.05) is 0 Å². The van der Waals surface area contributed by atoms with Gasteiger partial charge in [0, 0.05) is 11.6 Å². The highest BCUT2D eigenvalue weighted by Crippen LogP contribution is 2.40. The number of quaternary nitrogens is 1. The van der Waals surface area contributed by atoms with Crippen molar-refractivity contribution in [3.8, 4) is 28.7 Å². The summed E-state index contributed by atoms with van der Waals surface area (Å²) in [6.07, 6.45) is 0. The van der Waals surface area contributed by atoms with Crippen LogP contribution in [-0.2, 0) is 11.5 Å². The first-order chi connectivity index (χ1) is 13.3. The second-order valence-corrected chi connectivity index (χ2v) is 6.95. The number of aromatic nitrogens is 2. The molecule has 0 fully saturated rings. The lowest BCUT2D eigenvalue weighted by Crippen LogP contribution is -3.09. The Kier molecular flexibility index (Phi) is 7.41. The minimum absolute atomic E-state index is 0.0348. The van der Waals surface area contributed by atoms with Crippen LogP contribution in [-0.4, -0.2) is 56.7 Å². The van der Waals surface area contributed by atoms with E-state index >= 15 is 0 Å². The van der Waals surface area contributed by atoms with Gasteiger partial charge in [-0.2, -0.15) is 4.68 Å². The molecule has 0 spiro atoms. The predicted molar refractivity (Wildman–Crippen MR) is 105 cm³/mol. The maximum Gasteiger partial charge on any atom is 0.292 e. The number of rotatable bonds is 9. The molecule has 0 aliphatic heterocycles. The van der Waals surface area contributed by atoms with E-state index in [1.807, 2.05) is 20.9 Å². The monoisotopic (exact) mass is 411 g/mol. The first-order valence-electron chi connectivity index (χ1n) is 8.78. The van der Waals surface area contributed by atoms with E-state index in [0.717, 1.165) is 4.90 Å². The highest BCUT2D eigenvalue weighted by molar-refractivity contribution is 7.71. The molecule has 10 heteroatoms. The van der Waals surface area contributed by atoms with Gasteiger partial charge in [-0.15, -0.1) is 5.10 Å². The molecule has 0 saturated heterocycles. The van der Waals surface area contributed by atoms with Gasteiger partial charge in [0.15, 0.2) is 24.7 Å². The van der Waals surface area contributed by atoms with Crippen molar-refractivity contribution >= 4 is 18.1 Å². The molecule has 0 radical (unpaired) electrons. The Balaban J connectivity index is 2.24. The van der Waals surface area contributed by atoms with Crippen LogP contribution in [0.5, 0.6) is 17.2 Å². The lowest BCUT2D eigenvalue weighted by atomic mass is 10.2. The van der Waals surface area contributed by atoms with Gasteiger partial charge >= 0.3 is 0 Å². The van der Waals surface area contributed by atoms with Crippen molar-refractivity contribution in [2.45, 2.75) is 26.6 Å². The molecular formula is C18H27N4O5S+. The summed E-state index contributed by atoms with van der Waals surface area (Å²) in [5.74, 6) is 1.74. The fraction of sp³-hybridized carbons (Fsp3) is 0.500. The SMILES string of the molecule is COc1cc(-c2nn(C[NH+](C)CC(=O)NC(C)C)c(=S)o2)cc(OC)c1OC. The van der Waals surface area contributed by atoms with Gasteiger partial charge in [0.1, 0.15) is 0 Å². The largest absolute Gasteiger partial charge is 0.493 e. The smallest absolute Gasteiger partial charge is 0.292 e. The Bertz CT molecular complexity index is 852. The molecule has 0 aliphatic rings. The number of carbonyl (C=O) groups is 1. The van der Waals surface area contributed by atoms with Crippen LogP contribution in [0.2, 0.25) is 0 Å². The average Bonchev–Trinajstić information content (AvgIpc) is 2.99. The number of methoxy groups -OCH3 is 3. The van der Waals surface area contributed by atoms with E-state index in [2.05, 4.69) is 10.4 Å². The molecule has 1 heterocycles. The molecule has 1 amide bonds. The number of nitrogens with zero attached hydrogens (tertiary/aromatic N) is 2. The summed E-state index contributed by atoms with van der Waals surface area (Å²) in [6, 6.07) is 3.57. The van der Waals surface area contributed by atoms with E-state index < -0.39 is 0 Å². The highest BCUT2D eigenvalue weighted by Gasteiger charge is 2.19. The number of carbonyl (C=O) groups excluding carboxylic acids is 1. The maximum atomic E-state index is 11.9. The zero-order chi connectivity index (χ0) is 20.8. The fourth-order valence-electron chi connectivity index (χ4n) is 2.69. The van der Waals surface area contributed by atoms with E-state index in [-0.39, 0.29) is 16.8 Å². The average molecular weight is 412 g/mol. The molecule has 1 unspecified atom stereocenters. The highest BCUT2D eigenvalue weighted by atomic mass is 32.1. The summed E-state index contributed by atoms with van der Waals surface area (Å²) >= 11 is 5.28. The zero-order valence-electron chi connectivity index (χ0n) is 17.0. The topological polar surface area (TPSA) is 92.2 Å². The lowest BCUT2D eigenvalue weighted by molar-refractivity contribution is -0.895. The van der Waals surface area contributed by atoms with Crippen LogP contribution in [0.3, 0.4) is 0 Å². The third-order valence-electron chi connectivity index (χ3n) is 3.85. The molecule has 0 bridgehead atoms. The fourth-order valence-corrected chi connectivity index (χ4v) is 2.87. The van der Waals surface area contributed by atoms with E-state index in [1.165, 1.54) is 21.3 Å². The third kappa shape index (κ3) is 5.23. The third-order valence-corrected chi connectivity index (χ3v) is 4.14. The Morgan fingerprint density at radius 1 is 1.25 bits per heavy atom. The van der Waals surface area contributed by atoms with Gasteiger partial charge in [-0.3, -0.25) is 4.79 Å². The van der Waals surface area contributed by atoms with Gasteiger partial charge in [0.05, 0.1) is 28.4 Å². The normalized spacial score (nSPS) is 12.0.